The minimum atomic E-state index is -4.61. The summed E-state index contributed by atoms with van der Waals surface area (Å²) in [4.78, 5) is 25.1. The van der Waals surface area contributed by atoms with E-state index in [1.807, 2.05) is 86.8 Å². The number of carbonyl (C=O) groups is 2. The molecule has 1 rings (SSSR count). The first-order chi connectivity index (χ1) is 24.5. The standard InChI is InChI=1S/C38H56O12S/c1-3-5-7-9-11-13-15-16-17-19-21-23-25-27-34(40)49-31(28-47-33(39)26-24-22-20-18-14-12-10-8-6-4-2)29-48-38-37(43)36(42)35(41)32(50-38)30-51(44,45)46/h3-11,13,15-17,19,21,23,31-32,35-38,41-43H,12,14,18,20,22,24-30H2,1-2H3,(H,44,45,46)/b5-3-,6-4+,9-7+,10-8+,13-11+,16-15+,19-17+,23-21+/t31-,32-,35-,36+,37-,38?/m1/s1. The van der Waals surface area contributed by atoms with Gasteiger partial charge < -0.3 is 34.3 Å². The molecule has 1 aliphatic heterocycles. The monoisotopic (exact) mass is 736 g/mol. The molecular formula is C38H56O12S. The van der Waals surface area contributed by atoms with Crippen molar-refractivity contribution in [3.05, 3.63) is 97.2 Å². The van der Waals surface area contributed by atoms with Gasteiger partial charge in [0.1, 0.15) is 36.8 Å². The number of allylic oxidation sites excluding steroid dienone is 16. The lowest BCUT2D eigenvalue weighted by atomic mass is 10.00. The first-order valence-electron chi connectivity index (χ1n) is 17.3. The molecule has 0 bridgehead atoms. The highest BCUT2D eigenvalue weighted by molar-refractivity contribution is 7.85. The lowest BCUT2D eigenvalue weighted by molar-refractivity contribution is -0.297. The third-order valence-corrected chi connectivity index (χ3v) is 8.00. The molecule has 1 saturated heterocycles. The molecule has 0 saturated carbocycles. The zero-order valence-corrected chi connectivity index (χ0v) is 30.5. The summed E-state index contributed by atoms with van der Waals surface area (Å²) in [6, 6.07) is 0. The molecule has 0 radical (unpaired) electrons. The van der Waals surface area contributed by atoms with Gasteiger partial charge in [-0.1, -0.05) is 116 Å². The molecule has 0 aliphatic carbocycles. The van der Waals surface area contributed by atoms with Gasteiger partial charge in [-0.25, -0.2) is 0 Å². The Morgan fingerprint density at radius 3 is 1.86 bits per heavy atom. The van der Waals surface area contributed by atoms with Crippen LogP contribution in [-0.4, -0.2) is 96.0 Å². The van der Waals surface area contributed by atoms with E-state index in [0.717, 1.165) is 32.1 Å². The largest absolute Gasteiger partial charge is 0.462 e. The van der Waals surface area contributed by atoms with Gasteiger partial charge in [-0.15, -0.1) is 0 Å². The predicted molar refractivity (Wildman–Crippen MR) is 196 cm³/mol. The van der Waals surface area contributed by atoms with Crippen LogP contribution < -0.4 is 0 Å². The van der Waals surface area contributed by atoms with E-state index in [4.69, 9.17) is 18.9 Å². The number of aliphatic hydroxyl groups is 3. The van der Waals surface area contributed by atoms with Crippen molar-refractivity contribution in [1.29, 1.82) is 0 Å². The summed E-state index contributed by atoms with van der Waals surface area (Å²) < 4.78 is 53.5. The Bertz CT molecular complexity index is 1330. The summed E-state index contributed by atoms with van der Waals surface area (Å²) in [5.74, 6) is -2.17. The first-order valence-corrected chi connectivity index (χ1v) is 18.9. The zero-order valence-electron chi connectivity index (χ0n) is 29.7. The molecule has 4 N–H and O–H groups in total. The predicted octanol–water partition coefficient (Wildman–Crippen LogP) is 5.15. The van der Waals surface area contributed by atoms with Crippen molar-refractivity contribution in [3.63, 3.8) is 0 Å². The number of ether oxygens (including phenoxy) is 4. The van der Waals surface area contributed by atoms with Crippen LogP contribution in [0.5, 0.6) is 0 Å². The highest BCUT2D eigenvalue weighted by atomic mass is 32.2. The van der Waals surface area contributed by atoms with E-state index in [9.17, 15) is 37.9 Å². The summed E-state index contributed by atoms with van der Waals surface area (Å²) in [6.07, 6.45) is 26.7. The molecule has 0 aromatic carbocycles. The molecule has 0 aromatic rings. The van der Waals surface area contributed by atoms with Crippen LogP contribution in [0.1, 0.15) is 71.6 Å². The Hall–Kier alpha value is -3.43. The maximum absolute atomic E-state index is 12.6. The zero-order chi connectivity index (χ0) is 37.7. The molecule has 1 unspecified atom stereocenters. The van der Waals surface area contributed by atoms with E-state index >= 15 is 0 Å². The van der Waals surface area contributed by atoms with E-state index in [2.05, 4.69) is 6.08 Å². The Morgan fingerprint density at radius 1 is 0.667 bits per heavy atom. The minimum Gasteiger partial charge on any atom is -0.462 e. The molecule has 0 spiro atoms. The van der Waals surface area contributed by atoms with Gasteiger partial charge in [0.15, 0.2) is 12.4 Å². The van der Waals surface area contributed by atoms with E-state index in [0.29, 0.717) is 12.8 Å². The van der Waals surface area contributed by atoms with E-state index in [1.54, 1.807) is 18.2 Å². The Balaban J connectivity index is 2.67. The Morgan fingerprint density at radius 2 is 1.22 bits per heavy atom. The van der Waals surface area contributed by atoms with Crippen molar-refractivity contribution < 1.29 is 56.8 Å². The van der Waals surface area contributed by atoms with Crippen molar-refractivity contribution in [2.45, 2.75) is 108 Å². The summed E-state index contributed by atoms with van der Waals surface area (Å²) in [5.41, 5.74) is 0. The molecule has 51 heavy (non-hydrogen) atoms. The third-order valence-electron chi connectivity index (χ3n) is 7.25. The van der Waals surface area contributed by atoms with Gasteiger partial charge >= 0.3 is 11.9 Å². The maximum atomic E-state index is 12.6. The van der Waals surface area contributed by atoms with Crippen LogP contribution in [0.4, 0.5) is 0 Å². The van der Waals surface area contributed by atoms with Gasteiger partial charge in [0.2, 0.25) is 0 Å². The number of hydrogen-bond acceptors (Lipinski definition) is 11. The molecule has 1 heterocycles. The number of hydrogen-bond donors (Lipinski definition) is 4. The normalized spacial score (nSPS) is 22.7. The van der Waals surface area contributed by atoms with Crippen LogP contribution in [0.3, 0.4) is 0 Å². The molecule has 1 aliphatic rings. The number of unbranched alkanes of at least 4 members (excludes halogenated alkanes) is 5. The van der Waals surface area contributed by atoms with Crippen molar-refractivity contribution in [3.8, 4) is 0 Å². The van der Waals surface area contributed by atoms with E-state index in [-0.39, 0.29) is 19.4 Å². The van der Waals surface area contributed by atoms with Crippen molar-refractivity contribution in [1.82, 2.24) is 0 Å². The van der Waals surface area contributed by atoms with Crippen LogP contribution in [-0.2, 0) is 38.7 Å². The highest BCUT2D eigenvalue weighted by Gasteiger charge is 2.46. The van der Waals surface area contributed by atoms with Gasteiger partial charge in [-0.2, -0.15) is 8.42 Å². The first kappa shape index (κ1) is 45.6. The number of aliphatic hydroxyl groups excluding tert-OH is 3. The molecule has 0 amide bonds. The Kier molecular flexibility index (Phi) is 25.2. The SMILES string of the molecule is C\C=C/C=C/C=C/C=C/C=C/C=C/CCC(=O)O[C@H](COC(=O)CCCCCCC/C=C/C=C/C)COC1O[C@H](CS(=O)(=O)O)[C@@H](O)[C@H](O)[C@H]1O. The number of carbonyl (C=O) groups excluding carboxylic acids is 2. The summed E-state index contributed by atoms with van der Waals surface area (Å²) in [5, 5.41) is 30.6. The summed E-state index contributed by atoms with van der Waals surface area (Å²) in [6.45, 7) is 3.08. The average molecular weight is 737 g/mol. The highest BCUT2D eigenvalue weighted by Crippen LogP contribution is 2.23. The van der Waals surface area contributed by atoms with Crippen molar-refractivity contribution >= 4 is 22.1 Å². The van der Waals surface area contributed by atoms with E-state index < -0.39 is 71.2 Å². The summed E-state index contributed by atoms with van der Waals surface area (Å²) in [7, 11) is -4.61. The van der Waals surface area contributed by atoms with Crippen molar-refractivity contribution in [2.24, 2.45) is 0 Å². The van der Waals surface area contributed by atoms with Gasteiger partial charge in [-0.05, 0) is 39.5 Å². The second-order valence-corrected chi connectivity index (χ2v) is 13.2. The smallest absolute Gasteiger partial charge is 0.306 e. The van der Waals surface area contributed by atoms with Gasteiger partial charge in [0.05, 0.1) is 6.61 Å². The molecule has 13 heteroatoms. The quantitative estimate of drug-likeness (QED) is 0.0419. The van der Waals surface area contributed by atoms with Gasteiger partial charge in [0, 0.05) is 12.8 Å². The van der Waals surface area contributed by atoms with Crippen molar-refractivity contribution in [2.75, 3.05) is 19.0 Å². The second kappa shape index (κ2) is 28.2. The topological polar surface area (TPSA) is 186 Å². The number of rotatable bonds is 25. The van der Waals surface area contributed by atoms with Gasteiger partial charge in [-0.3, -0.25) is 14.1 Å². The average Bonchev–Trinajstić information content (AvgIpc) is 3.09. The summed E-state index contributed by atoms with van der Waals surface area (Å²) >= 11 is 0. The molecule has 6 atom stereocenters. The van der Waals surface area contributed by atoms with Crippen LogP contribution in [0.15, 0.2) is 97.2 Å². The molecule has 12 nitrogen and oxygen atoms in total. The lowest BCUT2D eigenvalue weighted by Crippen LogP contribution is -2.60. The fourth-order valence-corrected chi connectivity index (χ4v) is 5.26. The van der Waals surface area contributed by atoms with Crippen LogP contribution >= 0.6 is 0 Å². The lowest BCUT2D eigenvalue weighted by Gasteiger charge is -2.40. The van der Waals surface area contributed by atoms with Crippen LogP contribution in [0, 0.1) is 0 Å². The second-order valence-electron chi connectivity index (χ2n) is 11.7. The van der Waals surface area contributed by atoms with Gasteiger partial charge in [0.25, 0.3) is 10.1 Å². The Labute approximate surface area is 303 Å². The molecule has 1 fully saturated rings. The van der Waals surface area contributed by atoms with E-state index in [1.165, 1.54) is 0 Å². The number of esters is 2. The van der Waals surface area contributed by atoms with Crippen LogP contribution in [0.2, 0.25) is 0 Å². The minimum absolute atomic E-state index is 0.000887. The maximum Gasteiger partial charge on any atom is 0.306 e. The molecule has 0 aromatic heterocycles. The molecule has 286 valence electrons. The third kappa shape index (κ3) is 23.6. The molecular weight excluding hydrogens is 680 g/mol. The fraction of sp³-hybridized carbons (Fsp3) is 0.526. The van der Waals surface area contributed by atoms with Crippen LogP contribution in [0.25, 0.3) is 0 Å². The fourth-order valence-electron chi connectivity index (χ4n) is 4.57.